The predicted molar refractivity (Wildman–Crippen MR) is 141 cm³/mol. The van der Waals surface area contributed by atoms with Gasteiger partial charge in [0.15, 0.2) is 10.5 Å². The van der Waals surface area contributed by atoms with Gasteiger partial charge in [0.05, 0.1) is 24.2 Å². The van der Waals surface area contributed by atoms with Gasteiger partial charge in [0.2, 0.25) is 0 Å². The van der Waals surface area contributed by atoms with E-state index in [0.29, 0.717) is 12.2 Å². The second-order valence-electron chi connectivity index (χ2n) is 7.44. The van der Waals surface area contributed by atoms with Crippen LogP contribution < -0.4 is 15.1 Å². The Labute approximate surface area is 207 Å². The molecule has 2 aromatic carbocycles. The van der Waals surface area contributed by atoms with E-state index in [1.807, 2.05) is 79.3 Å². The fraction of sp³-hybridized carbons (Fsp3) is 0.200. The van der Waals surface area contributed by atoms with Gasteiger partial charge in [-0.1, -0.05) is 24.3 Å². The number of aromatic nitrogens is 3. The van der Waals surface area contributed by atoms with E-state index in [-0.39, 0.29) is 22.5 Å². The molecule has 4 aromatic rings. The number of halogens is 1. The van der Waals surface area contributed by atoms with E-state index < -0.39 is 0 Å². The fourth-order valence-electron chi connectivity index (χ4n) is 3.79. The van der Waals surface area contributed by atoms with Crippen molar-refractivity contribution in [3.63, 3.8) is 0 Å². The number of hydrogen-bond donors (Lipinski definition) is 0. The first-order valence-corrected chi connectivity index (χ1v) is 11.1. The Hall–Kier alpha value is -3.10. The second kappa shape index (κ2) is 10.2. The van der Waals surface area contributed by atoms with Crippen LogP contribution in [0.3, 0.4) is 0 Å². The molecule has 0 aliphatic rings. The molecule has 0 N–H and O–H groups in total. The Balaban J connectivity index is 0.00000306. The van der Waals surface area contributed by atoms with Crippen LogP contribution in [0, 0.1) is 13.8 Å². The lowest BCUT2D eigenvalue weighted by atomic mass is 10.1. The molecule has 0 aliphatic carbocycles. The first kappa shape index (κ1) is 24.5. The number of para-hydroxylation sites is 1. The van der Waals surface area contributed by atoms with Crippen LogP contribution in [0.4, 0.5) is 5.69 Å². The third kappa shape index (κ3) is 4.54. The van der Waals surface area contributed by atoms with Gasteiger partial charge in [-0.3, -0.25) is 9.48 Å². The normalized spacial score (nSPS) is 11.3. The van der Waals surface area contributed by atoms with Crippen LogP contribution in [0.1, 0.15) is 10.6 Å². The largest absolute Gasteiger partial charge is 0.497 e. The summed E-state index contributed by atoms with van der Waals surface area (Å²) < 4.78 is 10.9. The standard InChI is InChI=1S/C25H26N4O2S.BrH/c1-6-16-28-23(19-12-14-21(31-5)15-13-19)18(3)32-25(28)26-22-17(2)27(4)29(24(22)30)20-10-8-7-9-11-20;/h6-15H,1,16H2,2-5H3;1H. The average Bonchev–Trinajstić information content (AvgIpc) is 3.22. The number of hydrogen-bond acceptors (Lipinski definition) is 4. The molecule has 33 heavy (non-hydrogen) atoms. The number of allylic oxidation sites excluding steroid dienone is 1. The summed E-state index contributed by atoms with van der Waals surface area (Å²) in [5.41, 5.74) is 4.04. The Bertz CT molecular complexity index is 1390. The predicted octanol–water partition coefficient (Wildman–Crippen LogP) is 5.33. The summed E-state index contributed by atoms with van der Waals surface area (Å²) in [5, 5.41) is 0. The van der Waals surface area contributed by atoms with Gasteiger partial charge in [-0.15, -0.1) is 34.9 Å². The molecule has 2 heterocycles. The molecule has 0 amide bonds. The molecule has 0 unspecified atom stereocenters. The maximum atomic E-state index is 13.3. The molecule has 0 aliphatic heterocycles. The van der Waals surface area contributed by atoms with Crippen LogP contribution in [0.15, 0.2) is 77.0 Å². The van der Waals surface area contributed by atoms with Crippen LogP contribution in [-0.4, -0.2) is 21.0 Å². The van der Waals surface area contributed by atoms with Crippen molar-refractivity contribution in [1.29, 1.82) is 0 Å². The highest BCUT2D eigenvalue weighted by Gasteiger charge is 2.18. The summed E-state index contributed by atoms with van der Waals surface area (Å²) in [6.45, 7) is 8.50. The minimum Gasteiger partial charge on any atom is -0.497 e. The Morgan fingerprint density at radius 2 is 1.76 bits per heavy atom. The van der Waals surface area contributed by atoms with Crippen molar-refractivity contribution < 1.29 is 4.74 Å². The first-order valence-electron chi connectivity index (χ1n) is 10.3. The van der Waals surface area contributed by atoms with Crippen molar-refractivity contribution in [2.24, 2.45) is 12.0 Å². The van der Waals surface area contributed by atoms with E-state index in [2.05, 4.69) is 18.1 Å². The van der Waals surface area contributed by atoms with Crippen molar-refractivity contribution in [2.45, 2.75) is 20.4 Å². The molecule has 0 spiro atoms. The van der Waals surface area contributed by atoms with Gasteiger partial charge >= 0.3 is 0 Å². The van der Waals surface area contributed by atoms with Crippen LogP contribution >= 0.6 is 28.3 Å². The summed E-state index contributed by atoms with van der Waals surface area (Å²) >= 11 is 1.57. The Morgan fingerprint density at radius 1 is 1.09 bits per heavy atom. The third-order valence-corrected chi connectivity index (χ3v) is 6.48. The highest BCUT2D eigenvalue weighted by molar-refractivity contribution is 8.93. The van der Waals surface area contributed by atoms with Gasteiger partial charge in [0.1, 0.15) is 5.75 Å². The lowest BCUT2D eigenvalue weighted by molar-refractivity contribution is 0.415. The maximum Gasteiger partial charge on any atom is 0.297 e. The number of ether oxygens (including phenoxy) is 1. The van der Waals surface area contributed by atoms with Crippen LogP contribution in [-0.2, 0) is 13.6 Å². The zero-order chi connectivity index (χ0) is 22.8. The van der Waals surface area contributed by atoms with E-state index in [1.165, 1.54) is 0 Å². The summed E-state index contributed by atoms with van der Waals surface area (Å²) in [7, 11) is 3.53. The number of thiazole rings is 1. The number of benzene rings is 2. The van der Waals surface area contributed by atoms with Gasteiger partial charge in [-0.25, -0.2) is 9.67 Å². The number of methoxy groups -OCH3 is 1. The second-order valence-corrected chi connectivity index (χ2v) is 8.62. The molecular weight excluding hydrogens is 500 g/mol. The van der Waals surface area contributed by atoms with Crippen molar-refractivity contribution >= 4 is 34.0 Å². The molecule has 0 bridgehead atoms. The van der Waals surface area contributed by atoms with Gasteiger partial charge < -0.3 is 9.30 Å². The monoisotopic (exact) mass is 526 g/mol. The molecular formula is C25H27BrN4O2S. The molecule has 0 saturated heterocycles. The molecule has 0 atom stereocenters. The van der Waals surface area contributed by atoms with Crippen molar-refractivity contribution in [3.05, 3.63) is 93.0 Å². The Kier molecular flexibility index (Phi) is 7.61. The van der Waals surface area contributed by atoms with Crippen LogP contribution in [0.2, 0.25) is 0 Å². The molecule has 0 fully saturated rings. The molecule has 2 aromatic heterocycles. The van der Waals surface area contributed by atoms with Crippen LogP contribution in [0.5, 0.6) is 5.75 Å². The topological polar surface area (TPSA) is 53.4 Å². The quantitative estimate of drug-likeness (QED) is 0.319. The molecule has 4 rings (SSSR count). The first-order chi connectivity index (χ1) is 15.5. The molecule has 8 heteroatoms. The van der Waals surface area contributed by atoms with E-state index in [1.54, 1.807) is 23.1 Å². The highest BCUT2D eigenvalue weighted by atomic mass is 79.9. The van der Waals surface area contributed by atoms with E-state index in [4.69, 9.17) is 9.73 Å². The minimum absolute atomic E-state index is 0. The summed E-state index contributed by atoms with van der Waals surface area (Å²) in [6, 6.07) is 17.6. The smallest absolute Gasteiger partial charge is 0.297 e. The zero-order valence-corrected chi connectivity index (χ0v) is 21.6. The van der Waals surface area contributed by atoms with Crippen molar-refractivity contribution in [3.8, 4) is 22.7 Å². The lowest BCUT2D eigenvalue weighted by Gasteiger charge is -2.09. The molecule has 0 radical (unpaired) electrons. The molecule has 172 valence electrons. The SMILES string of the molecule is Br.C=CCn1c(-c2ccc(OC)cc2)c(C)sc1=Nc1c(C)n(C)n(-c2ccccc2)c1=O. The lowest BCUT2D eigenvalue weighted by Crippen LogP contribution is -2.20. The maximum absolute atomic E-state index is 13.3. The van der Waals surface area contributed by atoms with Crippen molar-refractivity contribution in [2.75, 3.05) is 7.11 Å². The Morgan fingerprint density at radius 3 is 2.36 bits per heavy atom. The van der Waals surface area contributed by atoms with E-state index in [9.17, 15) is 4.79 Å². The summed E-state index contributed by atoms with van der Waals surface area (Å²) in [5.74, 6) is 0.809. The van der Waals surface area contributed by atoms with Gasteiger partial charge in [-0.05, 0) is 55.8 Å². The van der Waals surface area contributed by atoms with E-state index >= 15 is 0 Å². The van der Waals surface area contributed by atoms with Gasteiger partial charge in [0, 0.05) is 18.5 Å². The van der Waals surface area contributed by atoms with E-state index in [0.717, 1.165) is 38.1 Å². The van der Waals surface area contributed by atoms with Gasteiger partial charge in [0.25, 0.3) is 5.56 Å². The summed E-state index contributed by atoms with van der Waals surface area (Å²) in [6.07, 6.45) is 1.85. The zero-order valence-electron chi connectivity index (χ0n) is 19.1. The fourth-order valence-corrected chi connectivity index (χ4v) is 4.81. The number of rotatable bonds is 6. The van der Waals surface area contributed by atoms with Crippen molar-refractivity contribution in [1.82, 2.24) is 13.9 Å². The number of nitrogens with zero attached hydrogens (tertiary/aromatic N) is 4. The minimum atomic E-state index is -0.140. The molecule has 0 saturated carbocycles. The molecule has 6 nitrogen and oxygen atoms in total. The van der Waals surface area contributed by atoms with Gasteiger partial charge in [-0.2, -0.15) is 0 Å². The summed E-state index contributed by atoms with van der Waals surface area (Å²) in [4.78, 5) is 20.1. The number of aryl methyl sites for hydroxylation is 1. The average molecular weight is 527 g/mol. The third-order valence-electron chi connectivity index (χ3n) is 5.49. The van der Waals surface area contributed by atoms with Crippen LogP contribution in [0.25, 0.3) is 16.9 Å². The highest BCUT2D eigenvalue weighted by Crippen LogP contribution is 2.28.